The SMILES string of the molecule is [CH2]CC1CC1(C)C[CH2]. The average molecular weight is 110 g/mol. The van der Waals surface area contributed by atoms with Crippen molar-refractivity contribution in [2.24, 2.45) is 11.3 Å². The fourth-order valence-electron chi connectivity index (χ4n) is 1.26. The molecule has 2 radical (unpaired) electrons. The number of rotatable bonds is 2. The Morgan fingerprint density at radius 2 is 2.25 bits per heavy atom. The van der Waals surface area contributed by atoms with E-state index in [0.29, 0.717) is 5.41 Å². The lowest BCUT2D eigenvalue weighted by molar-refractivity contribution is 0.510. The maximum absolute atomic E-state index is 3.89. The highest BCUT2D eigenvalue weighted by molar-refractivity contribution is 4.98. The summed E-state index contributed by atoms with van der Waals surface area (Å²) in [5.74, 6) is 0.889. The minimum absolute atomic E-state index is 0.585. The highest BCUT2D eigenvalue weighted by Crippen LogP contribution is 2.56. The quantitative estimate of drug-likeness (QED) is 0.512. The molecule has 0 nitrogen and oxygen atoms in total. The third-order valence-electron chi connectivity index (χ3n) is 2.46. The fourth-order valence-corrected chi connectivity index (χ4v) is 1.26. The molecule has 1 aliphatic carbocycles. The van der Waals surface area contributed by atoms with Crippen molar-refractivity contribution in [3.8, 4) is 0 Å². The van der Waals surface area contributed by atoms with Crippen molar-refractivity contribution in [2.75, 3.05) is 0 Å². The Labute approximate surface area is 52.3 Å². The minimum Gasteiger partial charge on any atom is -0.0594 e. The van der Waals surface area contributed by atoms with E-state index in [-0.39, 0.29) is 0 Å². The first-order chi connectivity index (χ1) is 3.73. The second-order valence-corrected chi connectivity index (χ2v) is 3.09. The summed E-state index contributed by atoms with van der Waals surface area (Å²) in [6, 6.07) is 0. The molecule has 0 heterocycles. The third-order valence-corrected chi connectivity index (χ3v) is 2.46. The van der Waals surface area contributed by atoms with Gasteiger partial charge in [-0.1, -0.05) is 20.8 Å². The second kappa shape index (κ2) is 1.75. The first-order valence-electron chi connectivity index (χ1n) is 3.31. The summed E-state index contributed by atoms with van der Waals surface area (Å²) in [6.07, 6.45) is 3.55. The Hall–Kier alpha value is 0. The zero-order valence-corrected chi connectivity index (χ0v) is 5.61. The Balaban J connectivity index is 2.31. The van der Waals surface area contributed by atoms with Gasteiger partial charge in [0, 0.05) is 0 Å². The maximum Gasteiger partial charge on any atom is -0.0294 e. The predicted octanol–water partition coefficient (Wildman–Crippen LogP) is 2.46. The monoisotopic (exact) mass is 110 g/mol. The second-order valence-electron chi connectivity index (χ2n) is 3.09. The van der Waals surface area contributed by atoms with E-state index in [4.69, 9.17) is 0 Å². The van der Waals surface area contributed by atoms with Gasteiger partial charge < -0.3 is 0 Å². The summed E-state index contributed by atoms with van der Waals surface area (Å²) in [4.78, 5) is 0. The van der Waals surface area contributed by atoms with Crippen LogP contribution < -0.4 is 0 Å². The van der Waals surface area contributed by atoms with E-state index in [2.05, 4.69) is 20.8 Å². The molecular formula is C8H14. The molecule has 0 aliphatic heterocycles. The summed E-state index contributed by atoms with van der Waals surface area (Å²) in [7, 11) is 0. The maximum atomic E-state index is 3.89. The summed E-state index contributed by atoms with van der Waals surface area (Å²) in [6.45, 7) is 10.1. The Morgan fingerprint density at radius 1 is 1.62 bits per heavy atom. The molecule has 0 aromatic heterocycles. The van der Waals surface area contributed by atoms with E-state index in [1.54, 1.807) is 0 Å². The summed E-state index contributed by atoms with van der Waals surface area (Å²) in [5.41, 5.74) is 0.585. The zero-order chi connectivity index (χ0) is 6.20. The van der Waals surface area contributed by atoms with Crippen LogP contribution in [0.4, 0.5) is 0 Å². The van der Waals surface area contributed by atoms with Crippen molar-refractivity contribution in [2.45, 2.75) is 26.2 Å². The van der Waals surface area contributed by atoms with Crippen molar-refractivity contribution < 1.29 is 0 Å². The number of hydrogen-bond donors (Lipinski definition) is 0. The van der Waals surface area contributed by atoms with Gasteiger partial charge in [0.05, 0.1) is 0 Å². The molecule has 0 heteroatoms. The van der Waals surface area contributed by atoms with Gasteiger partial charge in [0.2, 0.25) is 0 Å². The van der Waals surface area contributed by atoms with Gasteiger partial charge in [0.25, 0.3) is 0 Å². The first kappa shape index (κ1) is 6.12. The van der Waals surface area contributed by atoms with Gasteiger partial charge >= 0.3 is 0 Å². The van der Waals surface area contributed by atoms with E-state index in [0.717, 1.165) is 18.8 Å². The highest BCUT2D eigenvalue weighted by Gasteiger charge is 2.46. The summed E-state index contributed by atoms with van der Waals surface area (Å²) >= 11 is 0. The minimum atomic E-state index is 0.585. The smallest absolute Gasteiger partial charge is 0.0294 e. The van der Waals surface area contributed by atoms with Crippen LogP contribution in [0, 0.1) is 25.2 Å². The van der Waals surface area contributed by atoms with E-state index in [9.17, 15) is 0 Å². The Bertz CT molecular complexity index is 86.0. The van der Waals surface area contributed by atoms with Crippen LogP contribution in [0.2, 0.25) is 0 Å². The molecule has 0 aromatic rings. The van der Waals surface area contributed by atoms with Gasteiger partial charge in [-0.25, -0.2) is 0 Å². The van der Waals surface area contributed by atoms with Crippen LogP contribution in [0.3, 0.4) is 0 Å². The van der Waals surface area contributed by atoms with Gasteiger partial charge in [-0.05, 0) is 30.6 Å². The standard InChI is InChI=1S/C8H14/c1-4-7-6-8(7,3)5-2/h7H,1-2,4-6H2,3H3. The van der Waals surface area contributed by atoms with Gasteiger partial charge in [-0.3, -0.25) is 0 Å². The van der Waals surface area contributed by atoms with Gasteiger partial charge in [-0.15, -0.1) is 0 Å². The van der Waals surface area contributed by atoms with Crippen LogP contribution >= 0.6 is 0 Å². The van der Waals surface area contributed by atoms with Crippen molar-refractivity contribution >= 4 is 0 Å². The molecule has 0 N–H and O–H groups in total. The van der Waals surface area contributed by atoms with Crippen molar-refractivity contribution in [1.82, 2.24) is 0 Å². The van der Waals surface area contributed by atoms with Crippen LogP contribution in [0.25, 0.3) is 0 Å². The summed E-state index contributed by atoms with van der Waals surface area (Å²) < 4.78 is 0. The van der Waals surface area contributed by atoms with E-state index in [1.165, 1.54) is 6.42 Å². The van der Waals surface area contributed by atoms with Crippen LogP contribution in [0.5, 0.6) is 0 Å². The van der Waals surface area contributed by atoms with Crippen LogP contribution in [0.15, 0.2) is 0 Å². The number of hydrogen-bond acceptors (Lipinski definition) is 0. The molecule has 8 heavy (non-hydrogen) atoms. The average Bonchev–Trinajstić information content (AvgIpc) is 2.44. The molecule has 0 amide bonds. The third kappa shape index (κ3) is 0.765. The molecular weight excluding hydrogens is 96.1 g/mol. The van der Waals surface area contributed by atoms with Gasteiger partial charge in [-0.2, -0.15) is 0 Å². The van der Waals surface area contributed by atoms with Crippen molar-refractivity contribution in [3.05, 3.63) is 13.8 Å². The molecule has 46 valence electrons. The largest absolute Gasteiger partial charge is 0.0594 e. The van der Waals surface area contributed by atoms with Crippen molar-refractivity contribution in [1.29, 1.82) is 0 Å². The molecule has 1 aliphatic rings. The lowest BCUT2D eigenvalue weighted by atomic mass is 10.0. The molecule has 0 saturated heterocycles. The Morgan fingerprint density at radius 3 is 2.38 bits per heavy atom. The van der Waals surface area contributed by atoms with Crippen LogP contribution in [-0.4, -0.2) is 0 Å². The molecule has 1 rings (SSSR count). The molecule has 0 bridgehead atoms. The highest BCUT2D eigenvalue weighted by atomic mass is 14.5. The zero-order valence-electron chi connectivity index (χ0n) is 5.61. The topological polar surface area (TPSA) is 0 Å². The molecule has 0 spiro atoms. The van der Waals surface area contributed by atoms with E-state index in [1.807, 2.05) is 0 Å². The van der Waals surface area contributed by atoms with Crippen molar-refractivity contribution in [3.63, 3.8) is 0 Å². The van der Waals surface area contributed by atoms with E-state index >= 15 is 0 Å². The van der Waals surface area contributed by atoms with Crippen LogP contribution in [-0.2, 0) is 0 Å². The molecule has 0 aromatic carbocycles. The first-order valence-corrected chi connectivity index (χ1v) is 3.31. The normalized spacial score (nSPS) is 44.6. The van der Waals surface area contributed by atoms with Crippen LogP contribution in [0.1, 0.15) is 26.2 Å². The Kier molecular flexibility index (Phi) is 1.34. The summed E-state index contributed by atoms with van der Waals surface area (Å²) in [5, 5.41) is 0. The predicted molar refractivity (Wildman–Crippen MR) is 36.2 cm³/mol. The molecule has 2 atom stereocenters. The fraction of sp³-hybridized carbons (Fsp3) is 0.750. The van der Waals surface area contributed by atoms with E-state index < -0.39 is 0 Å². The lowest BCUT2D eigenvalue weighted by Gasteiger charge is -2.03. The van der Waals surface area contributed by atoms with Gasteiger partial charge in [0.15, 0.2) is 0 Å². The lowest BCUT2D eigenvalue weighted by Crippen LogP contribution is -1.93. The molecule has 1 saturated carbocycles. The van der Waals surface area contributed by atoms with Gasteiger partial charge in [0.1, 0.15) is 0 Å². The molecule has 1 fully saturated rings. The molecule has 2 unspecified atom stereocenters.